The molecule has 0 spiro atoms. The third-order valence-electron chi connectivity index (χ3n) is 19.5. The van der Waals surface area contributed by atoms with Gasteiger partial charge in [-0.25, -0.2) is 4.98 Å². The van der Waals surface area contributed by atoms with Crippen molar-refractivity contribution in [3.8, 4) is 51.5 Å². The summed E-state index contributed by atoms with van der Waals surface area (Å²) >= 11 is 0. The van der Waals surface area contributed by atoms with E-state index in [2.05, 4.69) is 325 Å². The molecule has 0 unspecified atom stereocenters. The molecule has 0 amide bonds. The smallest absolute Gasteiger partial charge is 0.138 e. The average Bonchev–Trinajstić information content (AvgIpc) is 1.58. The van der Waals surface area contributed by atoms with Gasteiger partial charge in [0.25, 0.3) is 0 Å². The van der Waals surface area contributed by atoms with Gasteiger partial charge in [0, 0.05) is 92.9 Å². The van der Waals surface area contributed by atoms with Crippen LogP contribution in [0.15, 0.2) is 303 Å². The van der Waals surface area contributed by atoms with Crippen LogP contribution in [0.4, 0.5) is 0 Å². The lowest BCUT2D eigenvalue weighted by atomic mass is 10.0. The molecule has 0 saturated carbocycles. The lowest BCUT2D eigenvalue weighted by Gasteiger charge is -2.17. The normalized spacial score (nSPS) is 12.1. The van der Waals surface area contributed by atoms with E-state index in [0.29, 0.717) is 5.56 Å². The van der Waals surface area contributed by atoms with Crippen LogP contribution < -0.4 is 0 Å². The van der Waals surface area contributed by atoms with E-state index in [4.69, 9.17) is 4.98 Å². The van der Waals surface area contributed by atoms with E-state index in [1.807, 2.05) is 12.1 Å². The minimum atomic E-state index is 0.595. The Balaban J connectivity index is 0.851. The Bertz CT molecular complexity index is 6030. The summed E-state index contributed by atoms with van der Waals surface area (Å²) in [5.41, 5.74) is 21.1. The molecule has 0 aliphatic heterocycles. The topological polar surface area (TPSA) is 66.3 Å². The number of rotatable bonds is 7. The second-order valence-electron chi connectivity index (χ2n) is 24.2. The SMILES string of the molecule is N#Cc1ccc(-c2cc(-n3c4ccc(-n5c6ccccc6c6ccccc65)cc4c4cc(-n5c6ccccc6c6ccccc65)ccc43)ncc2-n2c3ccc(-n4c5ccccc5c5ccccc54)cc3c3cc(-n4c5ccccc5c5ccccc54)ccc32)cc1. The maximum atomic E-state index is 10.2. The minimum Gasteiger partial charge on any atom is -0.309 e. The molecule has 0 fully saturated rings. The van der Waals surface area contributed by atoms with Crippen molar-refractivity contribution >= 4 is 131 Å². The fourth-order valence-corrected chi connectivity index (χ4v) is 15.6. The first-order chi connectivity index (χ1) is 45.6. The summed E-state index contributed by atoms with van der Waals surface area (Å²) in [6.45, 7) is 0. The molecular formula is C84H50N8. The van der Waals surface area contributed by atoms with Gasteiger partial charge in [-0.1, -0.05) is 158 Å². The Labute approximate surface area is 526 Å². The Hall–Kier alpha value is -12.7. The van der Waals surface area contributed by atoms with E-state index in [-0.39, 0.29) is 0 Å². The van der Waals surface area contributed by atoms with Crippen molar-refractivity contribution in [2.24, 2.45) is 0 Å². The predicted octanol–water partition coefficient (Wildman–Crippen LogP) is 21.2. The van der Waals surface area contributed by atoms with E-state index < -0.39 is 0 Å². The number of hydrogen-bond acceptors (Lipinski definition) is 2. The lowest BCUT2D eigenvalue weighted by Crippen LogP contribution is -2.04. The highest BCUT2D eigenvalue weighted by molar-refractivity contribution is 6.17. The minimum absolute atomic E-state index is 0.595. The molecule has 20 aromatic rings. The zero-order valence-electron chi connectivity index (χ0n) is 49.4. The first kappa shape index (κ1) is 50.3. The van der Waals surface area contributed by atoms with Crippen LogP contribution in [0.2, 0.25) is 0 Å². The first-order valence-electron chi connectivity index (χ1n) is 31.2. The van der Waals surface area contributed by atoms with Crippen molar-refractivity contribution in [3.63, 3.8) is 0 Å². The molecular weight excluding hydrogens is 1120 g/mol. The highest BCUT2D eigenvalue weighted by Gasteiger charge is 2.25. The van der Waals surface area contributed by atoms with Crippen molar-refractivity contribution in [3.05, 3.63) is 309 Å². The highest BCUT2D eigenvalue weighted by Crippen LogP contribution is 2.44. The van der Waals surface area contributed by atoms with Gasteiger partial charge in [-0.3, -0.25) is 4.57 Å². The number of para-hydroxylation sites is 8. The molecule has 0 aliphatic carbocycles. The van der Waals surface area contributed by atoms with Crippen LogP contribution in [0.1, 0.15) is 5.56 Å². The average molecular weight is 1170 g/mol. The molecule has 0 aliphatic rings. The van der Waals surface area contributed by atoms with Gasteiger partial charge in [-0.2, -0.15) is 5.26 Å². The van der Waals surface area contributed by atoms with Crippen LogP contribution in [0, 0.1) is 11.3 Å². The molecule has 0 N–H and O–H groups in total. The molecule has 8 nitrogen and oxygen atoms in total. The van der Waals surface area contributed by atoms with Gasteiger partial charge in [0.05, 0.1) is 89.7 Å². The molecule has 0 saturated heterocycles. The fourth-order valence-electron chi connectivity index (χ4n) is 15.6. The van der Waals surface area contributed by atoms with E-state index in [0.717, 1.165) is 133 Å². The zero-order chi connectivity index (χ0) is 60.3. The molecule has 20 rings (SSSR count). The summed E-state index contributed by atoms with van der Waals surface area (Å²) in [5, 5.41) is 24.4. The van der Waals surface area contributed by atoms with Gasteiger partial charge in [0.15, 0.2) is 0 Å². The van der Waals surface area contributed by atoms with Crippen molar-refractivity contribution in [2.45, 2.75) is 0 Å². The summed E-state index contributed by atoms with van der Waals surface area (Å²) < 4.78 is 14.4. The number of aromatic nitrogens is 7. The van der Waals surface area contributed by atoms with Crippen LogP contribution in [0.5, 0.6) is 0 Å². The van der Waals surface area contributed by atoms with Crippen molar-refractivity contribution in [1.29, 1.82) is 5.26 Å². The highest BCUT2D eigenvalue weighted by atomic mass is 15.1. The van der Waals surface area contributed by atoms with Crippen molar-refractivity contribution < 1.29 is 0 Å². The molecule has 8 heteroatoms. The van der Waals surface area contributed by atoms with E-state index >= 15 is 0 Å². The summed E-state index contributed by atoms with van der Waals surface area (Å²) in [6.07, 6.45) is 2.07. The predicted molar refractivity (Wildman–Crippen MR) is 380 cm³/mol. The maximum absolute atomic E-state index is 10.2. The number of benzene rings is 13. The second-order valence-corrected chi connectivity index (χ2v) is 24.2. The number of fused-ring (bicyclic) bond motifs is 18. The van der Waals surface area contributed by atoms with Gasteiger partial charge in [0.2, 0.25) is 0 Å². The van der Waals surface area contributed by atoms with Crippen LogP contribution in [0.3, 0.4) is 0 Å². The van der Waals surface area contributed by atoms with Crippen molar-refractivity contribution in [1.82, 2.24) is 32.4 Å². The van der Waals surface area contributed by atoms with Crippen molar-refractivity contribution in [2.75, 3.05) is 0 Å². The van der Waals surface area contributed by atoms with Gasteiger partial charge in [-0.15, -0.1) is 0 Å². The number of pyridine rings is 1. The van der Waals surface area contributed by atoms with Gasteiger partial charge in [0.1, 0.15) is 5.82 Å². The molecule has 92 heavy (non-hydrogen) atoms. The first-order valence-corrected chi connectivity index (χ1v) is 31.2. The Kier molecular flexibility index (Phi) is 10.5. The zero-order valence-corrected chi connectivity index (χ0v) is 49.4. The number of nitriles is 1. The third kappa shape index (κ3) is 7.07. The van der Waals surface area contributed by atoms with Gasteiger partial charge < -0.3 is 22.8 Å². The van der Waals surface area contributed by atoms with E-state index in [1.54, 1.807) is 0 Å². The molecule has 0 atom stereocenters. The van der Waals surface area contributed by atoms with Crippen LogP contribution in [-0.2, 0) is 0 Å². The van der Waals surface area contributed by atoms with E-state index in [1.165, 1.54) is 43.1 Å². The second kappa shape index (κ2) is 19.2. The van der Waals surface area contributed by atoms with Gasteiger partial charge in [-0.05, 0) is 145 Å². The third-order valence-corrected chi connectivity index (χ3v) is 19.5. The van der Waals surface area contributed by atoms with Crippen LogP contribution in [0.25, 0.3) is 176 Å². The van der Waals surface area contributed by atoms with Gasteiger partial charge >= 0.3 is 0 Å². The number of nitrogens with zero attached hydrogens (tertiary/aromatic N) is 8. The quantitative estimate of drug-likeness (QED) is 0.160. The lowest BCUT2D eigenvalue weighted by molar-refractivity contribution is 1.05. The van der Waals surface area contributed by atoms with Crippen LogP contribution in [-0.4, -0.2) is 32.4 Å². The summed E-state index contributed by atoms with van der Waals surface area (Å²) in [5.74, 6) is 0.769. The molecule has 7 aromatic heterocycles. The molecule has 0 radical (unpaired) electrons. The largest absolute Gasteiger partial charge is 0.309 e. The Morgan fingerprint density at radius 1 is 0.239 bits per heavy atom. The van der Waals surface area contributed by atoms with Crippen LogP contribution >= 0.6 is 0 Å². The Morgan fingerprint density at radius 3 is 0.783 bits per heavy atom. The number of hydrogen-bond donors (Lipinski definition) is 0. The summed E-state index contributed by atoms with van der Waals surface area (Å²) in [4.78, 5) is 5.64. The monoisotopic (exact) mass is 1170 g/mol. The summed E-state index contributed by atoms with van der Waals surface area (Å²) in [6, 6.07) is 110. The standard InChI is InChI=1S/C84H50N8/c85-50-52-33-35-53(36-34-52)66-49-84(92-81-43-39-56(89-75-29-13-5-21-62(75)63-22-6-14-30-76(63)89)47-69(81)70-48-57(40-44-82(70)92)90-77-31-15-7-23-64(77)65-24-8-16-32-78(65)90)86-51-83(66)91-79-41-37-54(87-71-25-9-1-17-58(71)59-18-2-10-26-72(59)87)45-67(79)68-46-55(38-42-80(68)91)88-73-27-11-3-19-60(73)61-20-4-12-28-74(61)88/h1-49,51H. The van der Waals surface area contributed by atoms with E-state index in [9.17, 15) is 5.26 Å². The molecule has 7 heterocycles. The Morgan fingerprint density at radius 2 is 0.500 bits per heavy atom. The molecule has 13 aromatic carbocycles. The molecule has 0 bridgehead atoms. The summed E-state index contributed by atoms with van der Waals surface area (Å²) in [7, 11) is 0. The molecule has 426 valence electrons. The maximum Gasteiger partial charge on any atom is 0.138 e. The fraction of sp³-hybridized carbons (Fsp3) is 0.